The first kappa shape index (κ1) is 14.9. The summed E-state index contributed by atoms with van der Waals surface area (Å²) in [5, 5.41) is 3.38. The molecule has 1 N–H and O–H groups in total. The number of benzene rings is 2. The molecule has 0 aliphatic carbocycles. The molecule has 0 bridgehead atoms. The molecule has 2 nitrogen and oxygen atoms in total. The van der Waals surface area contributed by atoms with Crippen molar-refractivity contribution < 1.29 is 4.79 Å². The maximum atomic E-state index is 12.1. The highest BCUT2D eigenvalue weighted by Crippen LogP contribution is 2.20. The number of carbonyl (C=O) groups is 1. The van der Waals surface area contributed by atoms with Crippen LogP contribution in [-0.4, -0.2) is 11.2 Å². The lowest BCUT2D eigenvalue weighted by molar-refractivity contribution is -0.115. The van der Waals surface area contributed by atoms with E-state index in [1.807, 2.05) is 37.3 Å². The van der Waals surface area contributed by atoms with Gasteiger partial charge in [-0.1, -0.05) is 48.0 Å². The maximum absolute atomic E-state index is 12.1. The molecule has 1 amide bonds. The Hall–Kier alpha value is -1.45. The van der Waals surface area contributed by atoms with Crippen LogP contribution in [0.5, 0.6) is 0 Å². The highest BCUT2D eigenvalue weighted by atomic mass is 35.5. The third-order valence-electron chi connectivity index (χ3n) is 2.80. The van der Waals surface area contributed by atoms with Gasteiger partial charge in [-0.15, -0.1) is 11.8 Å². The van der Waals surface area contributed by atoms with Crippen LogP contribution in [-0.2, 0) is 10.5 Å². The van der Waals surface area contributed by atoms with Gasteiger partial charge in [0, 0.05) is 16.5 Å². The lowest BCUT2D eigenvalue weighted by Gasteiger charge is -2.12. The second-order valence-electron chi connectivity index (χ2n) is 4.44. The van der Waals surface area contributed by atoms with Gasteiger partial charge < -0.3 is 5.32 Å². The predicted octanol–water partition coefficient (Wildman–Crippen LogP) is 4.60. The fourth-order valence-corrected chi connectivity index (χ4v) is 2.72. The van der Waals surface area contributed by atoms with Crippen molar-refractivity contribution in [2.45, 2.75) is 17.9 Å². The third kappa shape index (κ3) is 4.58. The molecule has 0 spiro atoms. The number of hydrogen-bond acceptors (Lipinski definition) is 2. The smallest absolute Gasteiger partial charge is 0.237 e. The predicted molar refractivity (Wildman–Crippen MR) is 87.3 cm³/mol. The molecule has 2 aromatic rings. The first-order valence-electron chi connectivity index (χ1n) is 6.37. The van der Waals surface area contributed by atoms with Gasteiger partial charge in [0.05, 0.1) is 5.25 Å². The molecule has 0 aromatic heterocycles. The average Bonchev–Trinajstić information content (AvgIpc) is 2.46. The molecule has 2 aromatic carbocycles. The van der Waals surface area contributed by atoms with Crippen LogP contribution in [0.25, 0.3) is 0 Å². The summed E-state index contributed by atoms with van der Waals surface area (Å²) in [4.78, 5) is 12.1. The molecule has 20 heavy (non-hydrogen) atoms. The molecule has 0 radical (unpaired) electrons. The number of thioether (sulfide) groups is 1. The fraction of sp³-hybridized carbons (Fsp3) is 0.188. The molecule has 0 aliphatic heterocycles. The van der Waals surface area contributed by atoms with Crippen LogP contribution >= 0.6 is 23.4 Å². The van der Waals surface area contributed by atoms with E-state index >= 15 is 0 Å². The van der Waals surface area contributed by atoms with Crippen LogP contribution in [0.3, 0.4) is 0 Å². The molecule has 4 heteroatoms. The van der Waals surface area contributed by atoms with Crippen molar-refractivity contribution in [1.82, 2.24) is 0 Å². The molecule has 0 saturated carbocycles. The SMILES string of the molecule is CC(SCc1ccccc1)C(=O)Nc1cccc(Cl)c1. The van der Waals surface area contributed by atoms with E-state index in [9.17, 15) is 4.79 Å². The van der Waals surface area contributed by atoms with Crippen molar-refractivity contribution >= 4 is 35.0 Å². The Kier molecular flexibility index (Phi) is 5.50. The van der Waals surface area contributed by atoms with Crippen LogP contribution in [0.2, 0.25) is 5.02 Å². The quantitative estimate of drug-likeness (QED) is 0.874. The van der Waals surface area contributed by atoms with Gasteiger partial charge in [0.1, 0.15) is 0 Å². The molecular weight excluding hydrogens is 290 g/mol. The van der Waals surface area contributed by atoms with E-state index in [1.54, 1.807) is 23.9 Å². The lowest BCUT2D eigenvalue weighted by Crippen LogP contribution is -2.22. The monoisotopic (exact) mass is 305 g/mol. The number of anilines is 1. The minimum atomic E-state index is -0.116. The second-order valence-corrected chi connectivity index (χ2v) is 6.20. The van der Waals surface area contributed by atoms with Crippen molar-refractivity contribution in [2.24, 2.45) is 0 Å². The molecule has 0 saturated heterocycles. The molecule has 1 unspecified atom stereocenters. The van der Waals surface area contributed by atoms with Crippen molar-refractivity contribution in [1.29, 1.82) is 0 Å². The van der Waals surface area contributed by atoms with Crippen LogP contribution < -0.4 is 5.32 Å². The van der Waals surface area contributed by atoms with Gasteiger partial charge in [0.25, 0.3) is 0 Å². The summed E-state index contributed by atoms with van der Waals surface area (Å²) in [6.07, 6.45) is 0. The highest BCUT2D eigenvalue weighted by Gasteiger charge is 2.13. The summed E-state index contributed by atoms with van der Waals surface area (Å²) < 4.78 is 0. The number of halogens is 1. The van der Waals surface area contributed by atoms with E-state index in [-0.39, 0.29) is 11.2 Å². The number of nitrogens with one attached hydrogen (secondary N) is 1. The van der Waals surface area contributed by atoms with Crippen LogP contribution in [0.1, 0.15) is 12.5 Å². The zero-order valence-electron chi connectivity index (χ0n) is 11.2. The van der Waals surface area contributed by atoms with Gasteiger partial charge in [0.2, 0.25) is 5.91 Å². The second kappa shape index (κ2) is 7.36. The van der Waals surface area contributed by atoms with Crippen LogP contribution in [0.15, 0.2) is 54.6 Å². The summed E-state index contributed by atoms with van der Waals surface area (Å²) in [5.41, 5.74) is 1.95. The van der Waals surface area contributed by atoms with Gasteiger partial charge in [-0.3, -0.25) is 4.79 Å². The largest absolute Gasteiger partial charge is 0.325 e. The summed E-state index contributed by atoms with van der Waals surface area (Å²) in [7, 11) is 0. The normalized spacial score (nSPS) is 11.9. The van der Waals surface area contributed by atoms with Crippen molar-refractivity contribution in [3.8, 4) is 0 Å². The van der Waals surface area contributed by atoms with Gasteiger partial charge in [-0.2, -0.15) is 0 Å². The van der Waals surface area contributed by atoms with E-state index in [0.717, 1.165) is 11.4 Å². The zero-order chi connectivity index (χ0) is 14.4. The Morgan fingerprint density at radius 2 is 1.95 bits per heavy atom. The zero-order valence-corrected chi connectivity index (χ0v) is 12.7. The average molecular weight is 306 g/mol. The lowest BCUT2D eigenvalue weighted by atomic mass is 10.2. The molecule has 2 rings (SSSR count). The first-order chi connectivity index (χ1) is 9.65. The van der Waals surface area contributed by atoms with Crippen LogP contribution in [0.4, 0.5) is 5.69 Å². The summed E-state index contributed by atoms with van der Waals surface area (Å²) >= 11 is 7.51. The number of hydrogen-bond donors (Lipinski definition) is 1. The van der Waals surface area contributed by atoms with E-state index in [2.05, 4.69) is 17.4 Å². The van der Waals surface area contributed by atoms with E-state index < -0.39 is 0 Å². The van der Waals surface area contributed by atoms with Crippen molar-refractivity contribution in [3.63, 3.8) is 0 Å². The summed E-state index contributed by atoms with van der Waals surface area (Å²) in [5.74, 6) is 0.818. The van der Waals surface area contributed by atoms with Crippen LogP contribution in [0, 0.1) is 0 Å². The molecule has 104 valence electrons. The highest BCUT2D eigenvalue weighted by molar-refractivity contribution is 7.99. The molecular formula is C16H16ClNOS. The minimum Gasteiger partial charge on any atom is -0.325 e. The minimum absolute atomic E-state index is 0.00630. The Morgan fingerprint density at radius 1 is 1.20 bits per heavy atom. The topological polar surface area (TPSA) is 29.1 Å². The summed E-state index contributed by atoms with van der Waals surface area (Å²) in [6.45, 7) is 1.91. The Balaban J connectivity index is 1.86. The Bertz CT molecular complexity index is 574. The molecule has 0 heterocycles. The van der Waals surface area contributed by atoms with E-state index in [4.69, 9.17) is 11.6 Å². The van der Waals surface area contributed by atoms with E-state index in [0.29, 0.717) is 5.02 Å². The summed E-state index contributed by atoms with van der Waals surface area (Å²) in [6, 6.07) is 17.3. The number of carbonyl (C=O) groups excluding carboxylic acids is 1. The molecule has 1 atom stereocenters. The Morgan fingerprint density at radius 3 is 2.65 bits per heavy atom. The Labute approximate surface area is 128 Å². The van der Waals surface area contributed by atoms with Gasteiger partial charge >= 0.3 is 0 Å². The van der Waals surface area contributed by atoms with Gasteiger partial charge in [-0.05, 0) is 30.7 Å². The maximum Gasteiger partial charge on any atom is 0.237 e. The van der Waals surface area contributed by atoms with Gasteiger partial charge in [0.15, 0.2) is 0 Å². The number of rotatable bonds is 5. The molecule has 0 aliphatic rings. The first-order valence-corrected chi connectivity index (χ1v) is 7.80. The van der Waals surface area contributed by atoms with Crippen molar-refractivity contribution in [3.05, 3.63) is 65.2 Å². The van der Waals surface area contributed by atoms with Crippen molar-refractivity contribution in [2.75, 3.05) is 5.32 Å². The third-order valence-corrected chi connectivity index (χ3v) is 4.25. The molecule has 0 fully saturated rings. The van der Waals surface area contributed by atoms with E-state index in [1.165, 1.54) is 5.56 Å². The van der Waals surface area contributed by atoms with Gasteiger partial charge in [-0.25, -0.2) is 0 Å². The number of amides is 1. The standard InChI is InChI=1S/C16H16ClNOS/c1-12(20-11-13-6-3-2-4-7-13)16(19)18-15-9-5-8-14(17)10-15/h2-10,12H,11H2,1H3,(H,18,19). The fourth-order valence-electron chi connectivity index (χ4n) is 1.68.